The highest BCUT2D eigenvalue weighted by Crippen LogP contribution is 1.75. The van der Waals surface area contributed by atoms with Gasteiger partial charge in [0.25, 0.3) is 5.24 Å². The van der Waals surface area contributed by atoms with Crippen molar-refractivity contribution in [2.24, 2.45) is 5.16 Å². The third-order valence-corrected chi connectivity index (χ3v) is 0.455. The Hall–Kier alpha value is -0.570. The minimum absolute atomic E-state index is 0.445. The van der Waals surface area contributed by atoms with Gasteiger partial charge in [0.2, 0.25) is 0 Å². The molecular weight excluding hydrogens is 130 g/mol. The van der Waals surface area contributed by atoms with Crippen molar-refractivity contribution in [2.75, 3.05) is 6.61 Å². The van der Waals surface area contributed by atoms with E-state index in [0.717, 1.165) is 6.21 Å². The number of carbonyl (C=O) groups excluding carboxylic acids is 1. The van der Waals surface area contributed by atoms with Gasteiger partial charge in [-0.25, -0.2) is 0 Å². The first kappa shape index (κ1) is 7.43. The van der Waals surface area contributed by atoms with E-state index >= 15 is 0 Å². The quantitative estimate of drug-likeness (QED) is 0.326. The van der Waals surface area contributed by atoms with Gasteiger partial charge in [0.15, 0.2) is 0 Å². The molecule has 0 bridgehead atoms. The SMILES string of the molecule is CCON=CC(=O)Cl. The fourth-order valence-corrected chi connectivity index (χ4v) is 0.193. The Balaban J connectivity index is 3.20. The lowest BCUT2D eigenvalue weighted by atomic mass is 10.8. The summed E-state index contributed by atoms with van der Waals surface area (Å²) in [5.74, 6) is 0. The minimum Gasteiger partial charge on any atom is -0.396 e. The summed E-state index contributed by atoms with van der Waals surface area (Å²) in [6, 6.07) is 0. The smallest absolute Gasteiger partial charge is 0.266 e. The number of carbonyl (C=O) groups is 1. The number of hydrogen-bond donors (Lipinski definition) is 0. The molecule has 0 aromatic carbocycles. The molecule has 0 atom stereocenters. The van der Waals surface area contributed by atoms with Crippen molar-refractivity contribution in [3.63, 3.8) is 0 Å². The number of halogens is 1. The molecule has 0 fully saturated rings. The zero-order valence-corrected chi connectivity index (χ0v) is 5.18. The van der Waals surface area contributed by atoms with Crippen molar-refractivity contribution in [1.29, 1.82) is 0 Å². The molecule has 0 saturated heterocycles. The molecule has 0 aliphatic rings. The zero-order valence-electron chi connectivity index (χ0n) is 4.43. The van der Waals surface area contributed by atoms with Gasteiger partial charge in [-0.05, 0) is 18.5 Å². The Bertz CT molecular complexity index is 102. The molecule has 0 unspecified atom stereocenters. The molecule has 0 amide bonds. The van der Waals surface area contributed by atoms with Crippen LogP contribution in [0.5, 0.6) is 0 Å². The van der Waals surface area contributed by atoms with Gasteiger partial charge in [-0.1, -0.05) is 5.16 Å². The molecule has 0 aromatic rings. The van der Waals surface area contributed by atoms with Crippen molar-refractivity contribution in [3.05, 3.63) is 0 Å². The Kier molecular flexibility index (Phi) is 4.26. The standard InChI is InChI=1S/C4H6ClNO2/c1-2-8-6-3-4(5)7/h3H,2H2,1H3. The molecule has 0 aromatic heterocycles. The average molecular weight is 136 g/mol. The summed E-state index contributed by atoms with van der Waals surface area (Å²) in [5, 5.41) is 2.56. The Labute approximate surface area is 52.3 Å². The maximum atomic E-state index is 9.85. The molecule has 8 heavy (non-hydrogen) atoms. The van der Waals surface area contributed by atoms with E-state index in [-0.39, 0.29) is 0 Å². The van der Waals surface area contributed by atoms with Gasteiger partial charge < -0.3 is 4.84 Å². The number of oxime groups is 1. The minimum atomic E-state index is -0.626. The van der Waals surface area contributed by atoms with Crippen molar-refractivity contribution >= 4 is 23.1 Å². The van der Waals surface area contributed by atoms with Crippen LogP contribution in [-0.4, -0.2) is 18.1 Å². The fraction of sp³-hybridized carbons (Fsp3) is 0.500. The monoisotopic (exact) mass is 135 g/mol. The average Bonchev–Trinajstić information content (AvgIpc) is 1.66. The van der Waals surface area contributed by atoms with E-state index in [9.17, 15) is 4.79 Å². The highest BCUT2D eigenvalue weighted by Gasteiger charge is 1.83. The summed E-state index contributed by atoms with van der Waals surface area (Å²) < 4.78 is 0. The Morgan fingerprint density at radius 3 is 3.00 bits per heavy atom. The topological polar surface area (TPSA) is 38.7 Å². The third-order valence-electron chi connectivity index (χ3n) is 0.358. The second-order valence-corrected chi connectivity index (χ2v) is 1.33. The summed E-state index contributed by atoms with van der Waals surface area (Å²) >= 11 is 4.85. The lowest BCUT2D eigenvalue weighted by molar-refractivity contribution is -0.106. The molecule has 0 saturated carbocycles. The van der Waals surface area contributed by atoms with E-state index in [1.807, 2.05) is 0 Å². The van der Waals surface area contributed by atoms with Crippen LogP contribution >= 0.6 is 11.6 Å². The molecule has 4 heteroatoms. The van der Waals surface area contributed by atoms with Crippen LogP contribution in [0.3, 0.4) is 0 Å². The first-order chi connectivity index (χ1) is 3.77. The number of rotatable bonds is 3. The van der Waals surface area contributed by atoms with Gasteiger partial charge in [-0.15, -0.1) is 0 Å². The molecule has 46 valence electrons. The number of hydrogen-bond acceptors (Lipinski definition) is 3. The molecule has 0 aliphatic heterocycles. The van der Waals surface area contributed by atoms with Gasteiger partial charge in [0.05, 0.1) is 0 Å². The van der Waals surface area contributed by atoms with Gasteiger partial charge in [0, 0.05) is 0 Å². The fourth-order valence-electron chi connectivity index (χ4n) is 0.153. The van der Waals surface area contributed by atoms with Crippen LogP contribution in [0.2, 0.25) is 0 Å². The van der Waals surface area contributed by atoms with Crippen LogP contribution in [0.1, 0.15) is 6.92 Å². The maximum Gasteiger partial charge on any atom is 0.266 e. The van der Waals surface area contributed by atoms with Crippen molar-refractivity contribution < 1.29 is 9.63 Å². The van der Waals surface area contributed by atoms with E-state index < -0.39 is 5.24 Å². The van der Waals surface area contributed by atoms with Crippen molar-refractivity contribution in [2.45, 2.75) is 6.92 Å². The predicted molar refractivity (Wildman–Crippen MR) is 31.0 cm³/mol. The van der Waals surface area contributed by atoms with E-state index in [1.165, 1.54) is 0 Å². The maximum absolute atomic E-state index is 9.85. The van der Waals surface area contributed by atoms with Crippen LogP contribution in [-0.2, 0) is 9.63 Å². The molecule has 0 spiro atoms. The molecule has 0 radical (unpaired) electrons. The third kappa shape index (κ3) is 5.43. The van der Waals surface area contributed by atoms with Crippen LogP contribution in [0.15, 0.2) is 5.16 Å². The largest absolute Gasteiger partial charge is 0.396 e. The van der Waals surface area contributed by atoms with E-state index in [0.29, 0.717) is 6.61 Å². The summed E-state index contributed by atoms with van der Waals surface area (Å²) in [6.07, 6.45) is 0.908. The van der Waals surface area contributed by atoms with Crippen LogP contribution < -0.4 is 0 Å². The highest BCUT2D eigenvalue weighted by atomic mass is 35.5. The van der Waals surface area contributed by atoms with Gasteiger partial charge >= 0.3 is 0 Å². The first-order valence-electron chi connectivity index (χ1n) is 2.12. The van der Waals surface area contributed by atoms with Crippen LogP contribution in [0.4, 0.5) is 0 Å². The van der Waals surface area contributed by atoms with E-state index in [4.69, 9.17) is 11.6 Å². The molecular formula is C4H6ClNO2. The summed E-state index contributed by atoms with van der Waals surface area (Å²) in [5.41, 5.74) is 0. The lowest BCUT2D eigenvalue weighted by Crippen LogP contribution is -1.87. The van der Waals surface area contributed by atoms with Crippen LogP contribution in [0.25, 0.3) is 0 Å². The summed E-state index contributed by atoms with van der Waals surface area (Å²) in [6.45, 7) is 2.21. The van der Waals surface area contributed by atoms with Gasteiger partial charge in [-0.3, -0.25) is 4.79 Å². The summed E-state index contributed by atoms with van der Waals surface area (Å²) in [7, 11) is 0. The molecule has 3 nitrogen and oxygen atoms in total. The summed E-state index contributed by atoms with van der Waals surface area (Å²) in [4.78, 5) is 14.3. The second-order valence-electron chi connectivity index (χ2n) is 0.956. The Morgan fingerprint density at radius 1 is 2.00 bits per heavy atom. The normalized spacial score (nSPS) is 9.75. The van der Waals surface area contributed by atoms with Crippen LogP contribution in [0, 0.1) is 0 Å². The molecule has 0 heterocycles. The lowest BCUT2D eigenvalue weighted by Gasteiger charge is -1.85. The molecule has 0 aliphatic carbocycles. The van der Waals surface area contributed by atoms with E-state index in [2.05, 4.69) is 9.99 Å². The zero-order chi connectivity index (χ0) is 6.41. The molecule has 0 N–H and O–H groups in total. The van der Waals surface area contributed by atoms with E-state index in [1.54, 1.807) is 6.92 Å². The van der Waals surface area contributed by atoms with Crippen molar-refractivity contribution in [3.8, 4) is 0 Å². The van der Waals surface area contributed by atoms with Crippen molar-refractivity contribution in [1.82, 2.24) is 0 Å². The highest BCUT2D eigenvalue weighted by molar-refractivity contribution is 6.77. The second kappa shape index (κ2) is 4.59. The van der Waals surface area contributed by atoms with Gasteiger partial charge in [0.1, 0.15) is 12.8 Å². The Morgan fingerprint density at radius 2 is 2.62 bits per heavy atom. The number of nitrogens with zero attached hydrogens (tertiary/aromatic N) is 1. The predicted octanol–water partition coefficient (Wildman–Crippen LogP) is 0.774. The van der Waals surface area contributed by atoms with Gasteiger partial charge in [-0.2, -0.15) is 0 Å². The first-order valence-corrected chi connectivity index (χ1v) is 2.50. The molecule has 0 rings (SSSR count).